The van der Waals surface area contributed by atoms with Gasteiger partial charge in [-0.15, -0.1) is 12.4 Å². The number of nitrogens with zero attached hydrogens (tertiary/aromatic N) is 1. The zero-order valence-electron chi connectivity index (χ0n) is 10.8. The summed E-state index contributed by atoms with van der Waals surface area (Å²) in [6.07, 6.45) is 1.57. The van der Waals surface area contributed by atoms with Gasteiger partial charge in [-0.25, -0.2) is 22.9 Å². The molecule has 11 heteroatoms. The highest BCUT2D eigenvalue weighted by Crippen LogP contribution is 2.11. The zero-order chi connectivity index (χ0) is 14.8. The number of aromatic nitrogens is 3. The number of nitrogens with one attached hydrogen (secondary N) is 3. The van der Waals surface area contributed by atoms with E-state index in [1.165, 1.54) is 0 Å². The Morgan fingerprint density at radius 1 is 1.29 bits per heavy atom. The summed E-state index contributed by atoms with van der Waals surface area (Å²) in [5.74, 6) is 0. The van der Waals surface area contributed by atoms with Crippen molar-refractivity contribution in [3.63, 3.8) is 0 Å². The fourth-order valence-electron chi connectivity index (χ4n) is 1.57. The van der Waals surface area contributed by atoms with Gasteiger partial charge in [-0.1, -0.05) is 0 Å². The molecule has 2 aromatic rings. The molecule has 0 aliphatic rings. The van der Waals surface area contributed by atoms with Crippen LogP contribution in [0, 0.1) is 0 Å². The van der Waals surface area contributed by atoms with E-state index in [-0.39, 0.29) is 34.9 Å². The van der Waals surface area contributed by atoms with E-state index in [4.69, 9.17) is 5.73 Å². The lowest BCUT2D eigenvalue weighted by atomic mass is 10.3. The first-order valence-electron chi connectivity index (χ1n) is 5.76. The lowest BCUT2D eigenvalue weighted by Gasteiger charge is -2.06. The van der Waals surface area contributed by atoms with E-state index in [2.05, 4.69) is 14.7 Å². The van der Waals surface area contributed by atoms with Crippen molar-refractivity contribution in [3.05, 3.63) is 33.1 Å². The maximum absolute atomic E-state index is 12.0. The van der Waals surface area contributed by atoms with Gasteiger partial charge in [0.2, 0.25) is 10.0 Å². The largest absolute Gasteiger partial charge is 0.330 e. The van der Waals surface area contributed by atoms with E-state index >= 15 is 0 Å². The van der Waals surface area contributed by atoms with Gasteiger partial charge in [0.05, 0.1) is 5.39 Å². The molecule has 0 atom stereocenters. The van der Waals surface area contributed by atoms with Crippen LogP contribution in [0.25, 0.3) is 11.0 Å². The highest BCUT2D eigenvalue weighted by molar-refractivity contribution is 7.89. The fraction of sp³-hybridized carbons (Fsp3) is 0.300. The van der Waals surface area contributed by atoms with Crippen LogP contribution in [0.5, 0.6) is 0 Å². The van der Waals surface area contributed by atoms with Crippen LogP contribution in [0.4, 0.5) is 0 Å². The second-order valence-corrected chi connectivity index (χ2v) is 5.78. The average molecular weight is 336 g/mol. The summed E-state index contributed by atoms with van der Waals surface area (Å²) in [6, 6.07) is 1.15. The first-order valence-corrected chi connectivity index (χ1v) is 7.24. The number of pyridine rings is 1. The monoisotopic (exact) mass is 335 g/mol. The molecule has 9 nitrogen and oxygen atoms in total. The number of sulfonamides is 1. The highest BCUT2D eigenvalue weighted by Gasteiger charge is 2.15. The molecule has 116 valence electrons. The van der Waals surface area contributed by atoms with Gasteiger partial charge >= 0.3 is 5.69 Å². The molecule has 2 rings (SSSR count). The smallest absolute Gasteiger partial charge is 0.327 e. The van der Waals surface area contributed by atoms with Crippen molar-refractivity contribution in [2.75, 3.05) is 13.1 Å². The second kappa shape index (κ2) is 6.80. The third-order valence-electron chi connectivity index (χ3n) is 2.55. The van der Waals surface area contributed by atoms with E-state index in [1.807, 2.05) is 4.98 Å². The van der Waals surface area contributed by atoms with Crippen molar-refractivity contribution in [1.82, 2.24) is 19.7 Å². The molecule has 5 N–H and O–H groups in total. The topological polar surface area (TPSA) is 151 Å². The molecular formula is C10H14ClN5O4S. The minimum Gasteiger partial charge on any atom is -0.330 e. The van der Waals surface area contributed by atoms with Gasteiger partial charge in [-0.3, -0.25) is 14.8 Å². The SMILES string of the molecule is Cl.NCCCNS(=O)(=O)c1cnc2[nH]c(=O)[nH]c(=O)c2c1. The molecule has 0 aromatic carbocycles. The van der Waals surface area contributed by atoms with E-state index < -0.39 is 21.3 Å². The summed E-state index contributed by atoms with van der Waals surface area (Å²) in [5, 5.41) is -0.00806. The molecule has 2 aromatic heterocycles. The number of halogens is 1. The van der Waals surface area contributed by atoms with E-state index in [0.29, 0.717) is 13.0 Å². The molecule has 0 fully saturated rings. The third kappa shape index (κ3) is 3.88. The minimum absolute atomic E-state index is 0. The molecule has 0 bridgehead atoms. The minimum atomic E-state index is -3.76. The molecule has 0 aliphatic carbocycles. The van der Waals surface area contributed by atoms with Crippen LogP contribution in [0.3, 0.4) is 0 Å². The number of nitrogens with two attached hydrogens (primary N) is 1. The van der Waals surface area contributed by atoms with Gasteiger partial charge in [0.1, 0.15) is 10.5 Å². The average Bonchev–Trinajstić information content (AvgIpc) is 2.38. The predicted molar refractivity (Wildman–Crippen MR) is 79.1 cm³/mol. The molecule has 2 heterocycles. The Morgan fingerprint density at radius 2 is 2.00 bits per heavy atom. The number of rotatable bonds is 5. The van der Waals surface area contributed by atoms with Crippen LogP contribution in [0.15, 0.2) is 26.7 Å². The Kier molecular flexibility index (Phi) is 5.61. The number of hydrogen-bond donors (Lipinski definition) is 4. The van der Waals surface area contributed by atoms with Crippen LogP contribution < -0.4 is 21.7 Å². The van der Waals surface area contributed by atoms with Gasteiger partial charge in [-0.2, -0.15) is 0 Å². The van der Waals surface area contributed by atoms with Crippen molar-refractivity contribution >= 4 is 33.5 Å². The summed E-state index contributed by atoms with van der Waals surface area (Å²) >= 11 is 0. The summed E-state index contributed by atoms with van der Waals surface area (Å²) < 4.78 is 26.2. The van der Waals surface area contributed by atoms with Crippen LogP contribution in [0.2, 0.25) is 0 Å². The maximum Gasteiger partial charge on any atom is 0.327 e. The first-order chi connectivity index (χ1) is 9.44. The Hall–Kier alpha value is -1.75. The van der Waals surface area contributed by atoms with Crippen molar-refractivity contribution in [3.8, 4) is 0 Å². The zero-order valence-corrected chi connectivity index (χ0v) is 12.4. The van der Waals surface area contributed by atoms with Gasteiger partial charge in [0, 0.05) is 12.7 Å². The third-order valence-corrected chi connectivity index (χ3v) is 3.98. The van der Waals surface area contributed by atoms with Gasteiger partial charge < -0.3 is 5.73 Å². The highest BCUT2D eigenvalue weighted by atomic mass is 35.5. The number of fused-ring (bicyclic) bond motifs is 1. The van der Waals surface area contributed by atoms with E-state index in [9.17, 15) is 18.0 Å². The van der Waals surface area contributed by atoms with Crippen LogP contribution in [0.1, 0.15) is 6.42 Å². The number of H-pyrrole nitrogens is 2. The van der Waals surface area contributed by atoms with E-state index in [1.54, 1.807) is 0 Å². The van der Waals surface area contributed by atoms with Crippen LogP contribution in [-0.2, 0) is 10.0 Å². The fourth-order valence-corrected chi connectivity index (χ4v) is 2.61. The normalized spacial score (nSPS) is 11.3. The lowest BCUT2D eigenvalue weighted by Crippen LogP contribution is -2.27. The van der Waals surface area contributed by atoms with Gasteiger partial charge in [-0.05, 0) is 19.0 Å². The van der Waals surface area contributed by atoms with Crippen LogP contribution >= 0.6 is 12.4 Å². The number of hydrogen-bond acceptors (Lipinski definition) is 6. The molecule has 0 unspecified atom stereocenters. The standard InChI is InChI=1S/C10H13N5O4S.ClH/c11-2-1-3-13-20(18,19)6-4-7-8(12-5-6)14-10(17)15-9(7)16;/h4-5,13H,1-3,11H2,(H2,12,14,15,16,17);1H. The van der Waals surface area contributed by atoms with Crippen LogP contribution in [-0.4, -0.2) is 36.5 Å². The Labute approximate surface area is 125 Å². The Balaban J connectivity index is 0.00000220. The van der Waals surface area contributed by atoms with Gasteiger partial charge in [0.25, 0.3) is 5.56 Å². The molecule has 21 heavy (non-hydrogen) atoms. The summed E-state index contributed by atoms with van der Waals surface area (Å²) in [4.78, 5) is 30.6. The number of aromatic amines is 2. The second-order valence-electron chi connectivity index (χ2n) is 4.02. The van der Waals surface area contributed by atoms with Crippen molar-refractivity contribution < 1.29 is 8.42 Å². The molecule has 0 saturated carbocycles. The maximum atomic E-state index is 12.0. The van der Waals surface area contributed by atoms with Crippen molar-refractivity contribution in [2.24, 2.45) is 5.73 Å². The summed E-state index contributed by atoms with van der Waals surface area (Å²) in [6.45, 7) is 0.554. The molecule has 0 aliphatic heterocycles. The molecule has 0 spiro atoms. The predicted octanol–water partition coefficient (Wildman–Crippen LogP) is -1.34. The molecular weight excluding hydrogens is 322 g/mol. The summed E-state index contributed by atoms with van der Waals surface area (Å²) in [5.41, 5.74) is 3.91. The summed E-state index contributed by atoms with van der Waals surface area (Å²) in [7, 11) is -3.76. The van der Waals surface area contributed by atoms with Gasteiger partial charge in [0.15, 0.2) is 0 Å². The first kappa shape index (κ1) is 17.3. The van der Waals surface area contributed by atoms with E-state index in [0.717, 1.165) is 12.3 Å². The lowest BCUT2D eigenvalue weighted by molar-refractivity contribution is 0.579. The Bertz CT molecular complexity index is 844. The molecule has 0 saturated heterocycles. The van der Waals surface area contributed by atoms with Crippen molar-refractivity contribution in [1.29, 1.82) is 0 Å². The molecule has 0 amide bonds. The Morgan fingerprint density at radius 3 is 2.67 bits per heavy atom. The molecule has 0 radical (unpaired) electrons. The quantitative estimate of drug-likeness (QED) is 0.496. The van der Waals surface area contributed by atoms with Crippen molar-refractivity contribution in [2.45, 2.75) is 11.3 Å².